The number of aromatic nitrogens is 2. The van der Waals surface area contributed by atoms with Crippen molar-refractivity contribution >= 4 is 16.7 Å². The molecule has 3 aromatic rings. The van der Waals surface area contributed by atoms with Crippen LogP contribution >= 0.6 is 0 Å². The van der Waals surface area contributed by atoms with Gasteiger partial charge >= 0.3 is 0 Å². The predicted octanol–water partition coefficient (Wildman–Crippen LogP) is 2.46. The van der Waals surface area contributed by atoms with Gasteiger partial charge in [0.1, 0.15) is 12.5 Å². The highest BCUT2D eigenvalue weighted by atomic mass is 19.1. The molecule has 1 aliphatic heterocycles. The lowest BCUT2D eigenvalue weighted by Gasteiger charge is -2.38. The fraction of sp³-hybridized carbons (Fsp3) is 0.286. The van der Waals surface area contributed by atoms with E-state index in [1.807, 2.05) is 6.07 Å². The van der Waals surface area contributed by atoms with Crippen LogP contribution in [0.5, 0.6) is 0 Å². The van der Waals surface area contributed by atoms with E-state index in [1.165, 1.54) is 17.0 Å². The van der Waals surface area contributed by atoms with Gasteiger partial charge in [-0.15, -0.1) is 0 Å². The third-order valence-corrected chi connectivity index (χ3v) is 4.97. The Kier molecular flexibility index (Phi) is 5.35. The van der Waals surface area contributed by atoms with Gasteiger partial charge in [-0.3, -0.25) is 9.59 Å². The largest absolute Gasteiger partial charge is 0.372 e. The summed E-state index contributed by atoms with van der Waals surface area (Å²) in [4.78, 5) is 26.0. The summed E-state index contributed by atoms with van der Waals surface area (Å²) in [5, 5.41) is 7.84. The maximum absolute atomic E-state index is 14.3. The van der Waals surface area contributed by atoms with E-state index < -0.39 is 18.4 Å². The lowest BCUT2D eigenvalue weighted by atomic mass is 10.0. The van der Waals surface area contributed by atoms with Crippen LogP contribution in [0.1, 0.15) is 21.6 Å². The van der Waals surface area contributed by atoms with E-state index >= 15 is 0 Å². The first kappa shape index (κ1) is 19.2. The second-order valence-electron chi connectivity index (χ2n) is 6.93. The molecule has 150 valence electrons. The molecule has 6 nitrogen and oxygen atoms in total. The molecule has 1 amide bonds. The summed E-state index contributed by atoms with van der Waals surface area (Å²) < 4.78 is 31.7. The second-order valence-corrected chi connectivity index (χ2v) is 6.93. The van der Waals surface area contributed by atoms with Crippen molar-refractivity contribution in [3.8, 4) is 0 Å². The Balaban J connectivity index is 1.55. The van der Waals surface area contributed by atoms with Gasteiger partial charge in [-0.25, -0.2) is 13.9 Å². The normalized spacial score (nSPS) is 14.2. The number of likely N-dealkylation sites (tertiary alicyclic amines) is 1. The first-order valence-electron chi connectivity index (χ1n) is 9.28. The van der Waals surface area contributed by atoms with Gasteiger partial charge in [0.2, 0.25) is 0 Å². The number of fused-ring (bicyclic) bond motifs is 1. The molecule has 29 heavy (non-hydrogen) atoms. The van der Waals surface area contributed by atoms with E-state index in [4.69, 9.17) is 4.74 Å². The highest BCUT2D eigenvalue weighted by Crippen LogP contribution is 2.21. The molecule has 1 fully saturated rings. The van der Waals surface area contributed by atoms with E-state index in [-0.39, 0.29) is 23.8 Å². The van der Waals surface area contributed by atoms with Crippen LogP contribution in [0.4, 0.5) is 8.78 Å². The fourth-order valence-corrected chi connectivity index (χ4v) is 3.44. The molecular formula is C21H19F2N3O3. The Morgan fingerprint density at radius 1 is 1.21 bits per heavy atom. The van der Waals surface area contributed by atoms with Crippen molar-refractivity contribution in [2.24, 2.45) is 0 Å². The average Bonchev–Trinajstić information content (AvgIpc) is 2.70. The van der Waals surface area contributed by atoms with E-state index in [9.17, 15) is 18.4 Å². The number of carbonyl (C=O) groups excluding carboxylic acids is 1. The molecule has 1 aromatic heterocycles. The molecule has 1 aliphatic rings. The first-order chi connectivity index (χ1) is 14.1. The number of nitrogens with one attached hydrogen (secondary N) is 1. The molecule has 0 unspecified atom stereocenters. The zero-order valence-electron chi connectivity index (χ0n) is 15.5. The molecule has 2 aromatic carbocycles. The molecular weight excluding hydrogens is 380 g/mol. The fourth-order valence-electron chi connectivity index (χ4n) is 3.44. The summed E-state index contributed by atoms with van der Waals surface area (Å²) in [5.74, 6) is -1.03. The molecule has 8 heteroatoms. The number of H-pyrrole nitrogens is 1. The second kappa shape index (κ2) is 8.08. The third-order valence-electron chi connectivity index (χ3n) is 4.97. The third kappa shape index (κ3) is 3.88. The number of carbonyl (C=O) groups is 1. The van der Waals surface area contributed by atoms with Gasteiger partial charge in [0.05, 0.1) is 29.4 Å². The Bertz CT molecular complexity index is 1110. The van der Waals surface area contributed by atoms with Gasteiger partial charge in [-0.05, 0) is 23.8 Å². The van der Waals surface area contributed by atoms with Crippen molar-refractivity contribution in [2.45, 2.75) is 12.5 Å². The van der Waals surface area contributed by atoms with Crippen LogP contribution < -0.4 is 5.56 Å². The molecule has 0 aliphatic carbocycles. The highest BCUT2D eigenvalue weighted by Gasteiger charge is 2.33. The van der Waals surface area contributed by atoms with Crippen LogP contribution in [-0.2, 0) is 11.2 Å². The van der Waals surface area contributed by atoms with Crippen LogP contribution in [0.3, 0.4) is 0 Å². The molecule has 4 rings (SSSR count). The van der Waals surface area contributed by atoms with Crippen molar-refractivity contribution in [2.75, 3.05) is 26.4 Å². The molecule has 0 radical (unpaired) electrons. The quantitative estimate of drug-likeness (QED) is 0.691. The number of alkyl halides is 1. The number of hydrogen-bond acceptors (Lipinski definition) is 4. The number of benzene rings is 2. The number of ether oxygens (including phenoxy) is 1. The summed E-state index contributed by atoms with van der Waals surface area (Å²) >= 11 is 0. The zero-order valence-corrected chi connectivity index (χ0v) is 15.5. The SMILES string of the molecule is O=C(c1cc(Cc2n[nH]c(=O)c3ccccc23)ccc1F)N1CC(OCCF)C1. The zero-order chi connectivity index (χ0) is 20.4. The molecule has 0 atom stereocenters. The van der Waals surface area contributed by atoms with Gasteiger partial charge in [-0.2, -0.15) is 5.10 Å². The average molecular weight is 399 g/mol. The summed E-state index contributed by atoms with van der Waals surface area (Å²) in [7, 11) is 0. The standard InChI is InChI=1S/C21H19F2N3O3/c22-7-8-29-14-11-26(12-14)21(28)17-9-13(5-6-18(17)23)10-19-15-3-1-2-4-16(15)20(27)25-24-19/h1-6,9,14H,7-8,10-12H2,(H,25,27). The summed E-state index contributed by atoms with van der Waals surface area (Å²) in [6.07, 6.45) is 0.123. The number of nitrogens with zero attached hydrogens (tertiary/aromatic N) is 2. The smallest absolute Gasteiger partial charge is 0.272 e. The number of halogens is 2. The maximum atomic E-state index is 14.3. The van der Waals surface area contributed by atoms with Gasteiger partial charge < -0.3 is 9.64 Å². The van der Waals surface area contributed by atoms with Crippen molar-refractivity contribution in [1.29, 1.82) is 0 Å². The van der Waals surface area contributed by atoms with Crippen LogP contribution in [-0.4, -0.2) is 53.5 Å². The van der Waals surface area contributed by atoms with Crippen LogP contribution in [0.15, 0.2) is 47.3 Å². The van der Waals surface area contributed by atoms with E-state index in [0.717, 1.165) is 0 Å². The van der Waals surface area contributed by atoms with Crippen molar-refractivity contribution in [1.82, 2.24) is 15.1 Å². The Hall–Kier alpha value is -3.13. The molecule has 1 saturated heterocycles. The van der Waals surface area contributed by atoms with E-state index in [2.05, 4.69) is 10.2 Å². The Labute approximate surface area is 165 Å². The van der Waals surface area contributed by atoms with E-state index in [1.54, 1.807) is 24.3 Å². The van der Waals surface area contributed by atoms with Gasteiger partial charge in [0.25, 0.3) is 11.5 Å². The summed E-state index contributed by atoms with van der Waals surface area (Å²) in [5.41, 5.74) is 1.03. The molecule has 0 saturated carbocycles. The first-order valence-corrected chi connectivity index (χ1v) is 9.28. The topological polar surface area (TPSA) is 75.3 Å². The molecule has 0 spiro atoms. The van der Waals surface area contributed by atoms with Crippen molar-refractivity contribution in [3.63, 3.8) is 0 Å². The summed E-state index contributed by atoms with van der Waals surface area (Å²) in [6.45, 7) is 0.0501. The predicted molar refractivity (Wildman–Crippen MR) is 103 cm³/mol. The van der Waals surface area contributed by atoms with Crippen LogP contribution in [0, 0.1) is 5.82 Å². The van der Waals surface area contributed by atoms with Gasteiger partial charge in [0, 0.05) is 24.9 Å². The Morgan fingerprint density at radius 2 is 1.97 bits per heavy atom. The molecule has 0 bridgehead atoms. The minimum atomic E-state index is -0.605. The summed E-state index contributed by atoms with van der Waals surface area (Å²) in [6, 6.07) is 11.5. The Morgan fingerprint density at radius 3 is 2.72 bits per heavy atom. The number of amides is 1. The monoisotopic (exact) mass is 399 g/mol. The number of hydrogen-bond donors (Lipinski definition) is 1. The maximum Gasteiger partial charge on any atom is 0.272 e. The molecule has 1 N–H and O–H groups in total. The number of rotatable bonds is 6. The minimum Gasteiger partial charge on any atom is -0.372 e. The van der Waals surface area contributed by atoms with Gasteiger partial charge in [0.15, 0.2) is 0 Å². The molecule has 2 heterocycles. The number of aromatic amines is 1. The lowest BCUT2D eigenvalue weighted by Crippen LogP contribution is -2.55. The minimum absolute atomic E-state index is 0.00331. The van der Waals surface area contributed by atoms with Crippen LogP contribution in [0.2, 0.25) is 0 Å². The van der Waals surface area contributed by atoms with Crippen molar-refractivity contribution in [3.05, 3.63) is 75.5 Å². The van der Waals surface area contributed by atoms with E-state index in [0.29, 0.717) is 41.5 Å². The van der Waals surface area contributed by atoms with Crippen molar-refractivity contribution < 1.29 is 18.3 Å². The lowest BCUT2D eigenvalue weighted by molar-refractivity contribution is -0.0457. The van der Waals surface area contributed by atoms with Gasteiger partial charge in [-0.1, -0.05) is 24.3 Å². The van der Waals surface area contributed by atoms with Crippen LogP contribution in [0.25, 0.3) is 10.8 Å². The highest BCUT2D eigenvalue weighted by molar-refractivity contribution is 5.95.